The molecule has 0 bridgehead atoms. The smallest absolute Gasteiger partial charge is 0.224 e. The molecule has 2 heterocycles. The maximum absolute atomic E-state index is 12.2. The van der Waals surface area contributed by atoms with Crippen molar-refractivity contribution < 1.29 is 13.2 Å². The van der Waals surface area contributed by atoms with Gasteiger partial charge in [-0.1, -0.05) is 12.1 Å². The molecule has 0 saturated carbocycles. The number of piperidine rings is 1. The summed E-state index contributed by atoms with van der Waals surface area (Å²) in [7, 11) is -3.30. The van der Waals surface area contributed by atoms with Crippen LogP contribution in [0.2, 0.25) is 0 Å². The first-order valence-corrected chi connectivity index (χ1v) is 12.7. The van der Waals surface area contributed by atoms with Crippen molar-refractivity contribution in [2.45, 2.75) is 56.6 Å². The van der Waals surface area contributed by atoms with Gasteiger partial charge in [0.05, 0.1) is 16.6 Å². The van der Waals surface area contributed by atoms with E-state index in [0.29, 0.717) is 13.1 Å². The number of aryl methyl sites for hydroxylation is 1. The lowest BCUT2D eigenvalue weighted by atomic mass is 10.1. The van der Waals surface area contributed by atoms with Gasteiger partial charge < -0.3 is 15.5 Å². The van der Waals surface area contributed by atoms with E-state index in [0.717, 1.165) is 36.1 Å². The average molecular weight is 460 g/mol. The van der Waals surface area contributed by atoms with Crippen molar-refractivity contribution in [2.75, 3.05) is 36.4 Å². The van der Waals surface area contributed by atoms with E-state index in [1.54, 1.807) is 38.1 Å². The number of hydrogen-bond donors (Lipinski definition) is 2. The average Bonchev–Trinajstić information content (AvgIpc) is 2.77. The summed E-state index contributed by atoms with van der Waals surface area (Å²) in [5.74, 6) is 2.32. The van der Waals surface area contributed by atoms with E-state index in [-0.39, 0.29) is 17.2 Å². The summed E-state index contributed by atoms with van der Waals surface area (Å²) in [6.45, 7) is 8.25. The Hall–Kier alpha value is -2.68. The van der Waals surface area contributed by atoms with Crippen LogP contribution in [0.25, 0.3) is 0 Å². The Labute approximate surface area is 190 Å². The van der Waals surface area contributed by atoms with Crippen LogP contribution in [-0.2, 0) is 21.1 Å². The monoisotopic (exact) mass is 459 g/mol. The summed E-state index contributed by atoms with van der Waals surface area (Å²) in [4.78, 5) is 23.8. The Morgan fingerprint density at radius 2 is 1.75 bits per heavy atom. The minimum Gasteiger partial charge on any atom is -0.368 e. The fourth-order valence-corrected chi connectivity index (χ4v) is 4.70. The third kappa shape index (κ3) is 6.41. The van der Waals surface area contributed by atoms with Crippen LogP contribution in [0.15, 0.2) is 35.2 Å². The number of sulfone groups is 1. The normalized spacial score (nSPS) is 14.4. The molecular weight excluding hydrogens is 426 g/mol. The maximum atomic E-state index is 12.2. The Bertz CT molecular complexity index is 1020. The van der Waals surface area contributed by atoms with Crippen LogP contribution in [0.5, 0.6) is 0 Å². The highest BCUT2D eigenvalue weighted by molar-refractivity contribution is 7.92. The zero-order chi connectivity index (χ0) is 23.1. The number of carbonyl (C=O) groups excluding carboxylic acids is 1. The highest BCUT2D eigenvalue weighted by Gasteiger charge is 2.19. The summed E-state index contributed by atoms with van der Waals surface area (Å²) in [6.07, 6.45) is 3.85. The summed E-state index contributed by atoms with van der Waals surface area (Å²) in [6, 6.07) is 8.48. The highest BCUT2D eigenvalue weighted by Crippen LogP contribution is 2.20. The predicted octanol–water partition coefficient (Wildman–Crippen LogP) is 2.73. The Morgan fingerprint density at radius 3 is 2.41 bits per heavy atom. The Morgan fingerprint density at radius 1 is 1.06 bits per heavy atom. The quantitative estimate of drug-likeness (QED) is 0.556. The fourth-order valence-electron chi connectivity index (χ4n) is 3.64. The first-order chi connectivity index (χ1) is 15.3. The van der Waals surface area contributed by atoms with E-state index in [9.17, 15) is 13.2 Å². The third-order valence-corrected chi connectivity index (χ3v) is 7.67. The molecule has 1 saturated heterocycles. The van der Waals surface area contributed by atoms with E-state index in [4.69, 9.17) is 0 Å². The highest BCUT2D eigenvalue weighted by atomic mass is 32.2. The number of carbonyl (C=O) groups is 1. The van der Waals surface area contributed by atoms with Gasteiger partial charge in [-0.25, -0.2) is 18.4 Å². The molecule has 1 aliphatic rings. The standard InChI is InChI=1S/C23H33N5O3S/c1-17(2)32(30,31)20-9-7-19(8-10-20)15-23(29)25-12-11-24-21-16-22(27-18(3)26-21)28-13-5-4-6-14-28/h7-10,16-17H,4-6,11-15H2,1-3H3,(H,25,29)(H,24,26,27). The number of hydrogen-bond acceptors (Lipinski definition) is 7. The van der Waals surface area contributed by atoms with Gasteiger partial charge in [0.2, 0.25) is 5.91 Å². The van der Waals surface area contributed by atoms with E-state index in [1.165, 1.54) is 19.3 Å². The molecule has 0 unspecified atom stereocenters. The van der Waals surface area contributed by atoms with Gasteiger partial charge in [-0.05, 0) is 57.7 Å². The zero-order valence-electron chi connectivity index (χ0n) is 19.1. The molecule has 0 atom stereocenters. The minimum absolute atomic E-state index is 0.112. The molecule has 32 heavy (non-hydrogen) atoms. The number of benzene rings is 1. The van der Waals surface area contributed by atoms with E-state index in [2.05, 4.69) is 25.5 Å². The first-order valence-electron chi connectivity index (χ1n) is 11.2. The van der Waals surface area contributed by atoms with Crippen molar-refractivity contribution in [3.05, 3.63) is 41.7 Å². The van der Waals surface area contributed by atoms with Crippen LogP contribution in [0.4, 0.5) is 11.6 Å². The molecule has 0 aliphatic carbocycles. The molecule has 2 N–H and O–H groups in total. The Kier molecular flexibility index (Phi) is 8.06. The van der Waals surface area contributed by atoms with Crippen LogP contribution in [-0.4, -0.2) is 55.7 Å². The topological polar surface area (TPSA) is 104 Å². The molecule has 2 aromatic rings. The minimum atomic E-state index is -3.30. The predicted molar refractivity (Wildman–Crippen MR) is 127 cm³/mol. The summed E-state index contributed by atoms with van der Waals surface area (Å²) >= 11 is 0. The zero-order valence-corrected chi connectivity index (χ0v) is 19.9. The number of anilines is 2. The number of amides is 1. The molecule has 0 spiro atoms. The van der Waals surface area contributed by atoms with Gasteiger partial charge >= 0.3 is 0 Å². The molecular formula is C23H33N5O3S. The largest absolute Gasteiger partial charge is 0.368 e. The first kappa shape index (κ1) is 24.0. The lowest BCUT2D eigenvalue weighted by Gasteiger charge is -2.28. The van der Waals surface area contributed by atoms with Gasteiger partial charge in [0.25, 0.3) is 0 Å². The number of aromatic nitrogens is 2. The van der Waals surface area contributed by atoms with Crippen LogP contribution < -0.4 is 15.5 Å². The van der Waals surface area contributed by atoms with Crippen LogP contribution >= 0.6 is 0 Å². The molecule has 1 fully saturated rings. The molecule has 0 radical (unpaired) electrons. The van der Waals surface area contributed by atoms with Crippen LogP contribution in [0.1, 0.15) is 44.5 Å². The third-order valence-electron chi connectivity index (χ3n) is 5.49. The summed E-state index contributed by atoms with van der Waals surface area (Å²) in [5.41, 5.74) is 0.774. The van der Waals surface area contributed by atoms with Gasteiger partial charge in [0.1, 0.15) is 17.5 Å². The SMILES string of the molecule is Cc1nc(NCCNC(=O)Cc2ccc(S(=O)(=O)C(C)C)cc2)cc(N2CCCCC2)n1. The molecule has 1 aromatic heterocycles. The molecule has 3 rings (SSSR count). The van der Waals surface area contributed by atoms with Crippen molar-refractivity contribution in [3.8, 4) is 0 Å². The summed E-state index contributed by atoms with van der Waals surface area (Å²) < 4.78 is 24.4. The second kappa shape index (κ2) is 10.8. The van der Waals surface area contributed by atoms with Gasteiger partial charge in [-0.2, -0.15) is 0 Å². The van der Waals surface area contributed by atoms with Gasteiger partial charge in [0, 0.05) is 32.2 Å². The van der Waals surface area contributed by atoms with E-state index in [1.807, 2.05) is 13.0 Å². The lowest BCUT2D eigenvalue weighted by Crippen LogP contribution is -2.31. The maximum Gasteiger partial charge on any atom is 0.224 e. The molecule has 1 aliphatic heterocycles. The van der Waals surface area contributed by atoms with Gasteiger partial charge in [-0.3, -0.25) is 4.79 Å². The van der Waals surface area contributed by atoms with Crippen LogP contribution in [0, 0.1) is 6.92 Å². The lowest BCUT2D eigenvalue weighted by molar-refractivity contribution is -0.120. The molecule has 1 amide bonds. The van der Waals surface area contributed by atoms with Crippen molar-refractivity contribution in [1.82, 2.24) is 15.3 Å². The fraction of sp³-hybridized carbons (Fsp3) is 0.522. The van der Waals surface area contributed by atoms with Crippen molar-refractivity contribution in [3.63, 3.8) is 0 Å². The van der Waals surface area contributed by atoms with Crippen molar-refractivity contribution in [2.24, 2.45) is 0 Å². The number of nitrogens with zero attached hydrogens (tertiary/aromatic N) is 3. The molecule has 174 valence electrons. The van der Waals surface area contributed by atoms with Crippen molar-refractivity contribution in [1.29, 1.82) is 0 Å². The second-order valence-corrected chi connectivity index (χ2v) is 10.9. The van der Waals surface area contributed by atoms with Crippen molar-refractivity contribution >= 4 is 27.4 Å². The van der Waals surface area contributed by atoms with Gasteiger partial charge in [0.15, 0.2) is 9.84 Å². The number of rotatable bonds is 9. The molecule has 9 heteroatoms. The molecule has 1 aromatic carbocycles. The van der Waals surface area contributed by atoms with Gasteiger partial charge in [-0.15, -0.1) is 0 Å². The summed E-state index contributed by atoms with van der Waals surface area (Å²) in [5, 5.41) is 5.67. The Balaban J connectivity index is 1.46. The van der Waals surface area contributed by atoms with Crippen LogP contribution in [0.3, 0.4) is 0 Å². The van der Waals surface area contributed by atoms with E-state index < -0.39 is 15.1 Å². The van der Waals surface area contributed by atoms with E-state index >= 15 is 0 Å². The molecule has 8 nitrogen and oxygen atoms in total. The number of nitrogens with one attached hydrogen (secondary N) is 2. The second-order valence-electron chi connectivity index (χ2n) is 8.40.